The van der Waals surface area contributed by atoms with Crippen LogP contribution in [0.2, 0.25) is 0 Å². The van der Waals surface area contributed by atoms with E-state index in [9.17, 15) is 18.0 Å². The quantitative estimate of drug-likeness (QED) is 0.890. The highest BCUT2D eigenvalue weighted by Gasteiger charge is 2.39. The van der Waals surface area contributed by atoms with E-state index < -0.39 is 18.0 Å². The number of amides is 2. The number of carbonyl (C=O) groups is 1. The Morgan fingerprint density at radius 2 is 2.16 bits per heavy atom. The normalized spacial score (nSPS) is 18.2. The summed E-state index contributed by atoms with van der Waals surface area (Å²) in [6, 6.07) is 7.07. The summed E-state index contributed by atoms with van der Waals surface area (Å²) in [6.45, 7) is 2.67. The minimum atomic E-state index is -4.66. The first-order chi connectivity index (χ1) is 11.8. The van der Waals surface area contributed by atoms with Gasteiger partial charge in [-0.25, -0.2) is 4.79 Å². The van der Waals surface area contributed by atoms with Crippen molar-refractivity contribution in [1.82, 2.24) is 15.1 Å². The molecule has 1 aromatic heterocycles. The molecule has 1 saturated heterocycles. The Balaban J connectivity index is 1.66. The van der Waals surface area contributed by atoms with Gasteiger partial charge in [0.15, 0.2) is 0 Å². The third-order valence-corrected chi connectivity index (χ3v) is 4.01. The molecule has 2 heterocycles. The van der Waals surface area contributed by atoms with E-state index in [0.29, 0.717) is 25.1 Å². The number of benzene rings is 1. The summed E-state index contributed by atoms with van der Waals surface area (Å²) in [5, 5.41) is 9.34. The summed E-state index contributed by atoms with van der Waals surface area (Å²) in [7, 11) is 0. The molecule has 25 heavy (non-hydrogen) atoms. The monoisotopic (exact) mass is 354 g/mol. The maximum Gasteiger partial charge on any atom is 0.470 e. The van der Waals surface area contributed by atoms with Crippen LogP contribution in [-0.2, 0) is 6.18 Å². The molecule has 0 radical (unpaired) electrons. The van der Waals surface area contributed by atoms with Gasteiger partial charge in [0.05, 0.1) is 5.92 Å². The molecule has 0 saturated carbocycles. The third kappa shape index (κ3) is 4.09. The number of nitrogens with one attached hydrogen (secondary N) is 1. The molecule has 2 aromatic rings. The van der Waals surface area contributed by atoms with E-state index in [1.54, 1.807) is 11.0 Å². The van der Waals surface area contributed by atoms with Gasteiger partial charge in [0.2, 0.25) is 5.89 Å². The van der Waals surface area contributed by atoms with Gasteiger partial charge < -0.3 is 14.6 Å². The molecule has 0 aliphatic carbocycles. The number of aromatic nitrogens is 2. The summed E-state index contributed by atoms with van der Waals surface area (Å²) >= 11 is 0. The van der Waals surface area contributed by atoms with Gasteiger partial charge in [0.1, 0.15) is 0 Å². The SMILES string of the molecule is Cc1cccc(NC(=O)N2CCCC(c3nnc(C(F)(F)F)o3)C2)c1. The van der Waals surface area contributed by atoms with Crippen LogP contribution in [0.4, 0.5) is 23.7 Å². The van der Waals surface area contributed by atoms with E-state index in [1.807, 2.05) is 25.1 Å². The molecule has 1 fully saturated rings. The number of carbonyl (C=O) groups excluding carboxylic acids is 1. The molecular formula is C16H17F3N4O2. The van der Waals surface area contributed by atoms with Crippen molar-refractivity contribution < 1.29 is 22.4 Å². The van der Waals surface area contributed by atoms with E-state index in [4.69, 9.17) is 4.42 Å². The summed E-state index contributed by atoms with van der Waals surface area (Å²) in [6.07, 6.45) is -3.43. The lowest BCUT2D eigenvalue weighted by Crippen LogP contribution is -2.41. The van der Waals surface area contributed by atoms with E-state index in [-0.39, 0.29) is 18.5 Å². The lowest BCUT2D eigenvalue weighted by molar-refractivity contribution is -0.157. The second kappa shape index (κ2) is 6.73. The number of rotatable bonds is 2. The zero-order chi connectivity index (χ0) is 18.0. The molecule has 134 valence electrons. The molecule has 1 aromatic carbocycles. The van der Waals surface area contributed by atoms with Crippen LogP contribution in [0.5, 0.6) is 0 Å². The third-order valence-electron chi connectivity index (χ3n) is 4.01. The molecule has 1 atom stereocenters. The Morgan fingerprint density at radius 3 is 2.84 bits per heavy atom. The average molecular weight is 354 g/mol. The number of likely N-dealkylation sites (tertiary alicyclic amines) is 1. The van der Waals surface area contributed by atoms with Crippen molar-refractivity contribution in [3.8, 4) is 0 Å². The molecule has 1 unspecified atom stereocenters. The topological polar surface area (TPSA) is 71.3 Å². The maximum atomic E-state index is 12.6. The van der Waals surface area contributed by atoms with Gasteiger partial charge in [0.25, 0.3) is 0 Å². The molecule has 9 heteroatoms. The summed E-state index contributed by atoms with van der Waals surface area (Å²) < 4.78 is 42.5. The Labute approximate surface area is 142 Å². The molecule has 1 aliphatic heterocycles. The van der Waals surface area contributed by atoms with Crippen LogP contribution in [0.25, 0.3) is 0 Å². The number of halogens is 3. The van der Waals surface area contributed by atoms with Crippen molar-refractivity contribution in [3.05, 3.63) is 41.6 Å². The smallest absolute Gasteiger partial charge is 0.417 e. The standard InChI is InChI=1S/C16H17F3N4O2/c1-10-4-2-6-12(8-10)20-15(24)23-7-3-5-11(9-23)13-21-22-14(25-13)16(17,18)19/h2,4,6,8,11H,3,5,7,9H2,1H3,(H,20,24). The second-order valence-electron chi connectivity index (χ2n) is 6.03. The molecule has 3 rings (SSSR count). The van der Waals surface area contributed by atoms with Gasteiger partial charge in [-0.1, -0.05) is 12.1 Å². The summed E-state index contributed by atoms with van der Waals surface area (Å²) in [4.78, 5) is 13.9. The molecule has 0 spiro atoms. The van der Waals surface area contributed by atoms with Crippen molar-refractivity contribution in [1.29, 1.82) is 0 Å². The first kappa shape index (κ1) is 17.2. The first-order valence-electron chi connectivity index (χ1n) is 7.86. The van der Waals surface area contributed by atoms with Crippen LogP contribution in [0, 0.1) is 6.92 Å². The van der Waals surface area contributed by atoms with Crippen LogP contribution in [0.3, 0.4) is 0 Å². The van der Waals surface area contributed by atoms with Crippen LogP contribution < -0.4 is 5.32 Å². The van der Waals surface area contributed by atoms with Gasteiger partial charge in [-0.2, -0.15) is 13.2 Å². The van der Waals surface area contributed by atoms with Gasteiger partial charge in [-0.3, -0.25) is 0 Å². The zero-order valence-corrected chi connectivity index (χ0v) is 13.5. The predicted molar refractivity (Wildman–Crippen MR) is 83.0 cm³/mol. The Morgan fingerprint density at radius 1 is 1.36 bits per heavy atom. The Bertz CT molecular complexity index is 760. The van der Waals surface area contributed by atoms with E-state index >= 15 is 0 Å². The lowest BCUT2D eigenvalue weighted by Gasteiger charge is -2.31. The van der Waals surface area contributed by atoms with Crippen LogP contribution in [0.15, 0.2) is 28.7 Å². The second-order valence-corrected chi connectivity index (χ2v) is 6.03. The minimum Gasteiger partial charge on any atom is -0.417 e. The fraction of sp³-hybridized carbons (Fsp3) is 0.438. The Kier molecular flexibility index (Phi) is 4.65. The highest BCUT2D eigenvalue weighted by molar-refractivity contribution is 5.89. The first-order valence-corrected chi connectivity index (χ1v) is 7.86. The van der Waals surface area contributed by atoms with Gasteiger partial charge >= 0.3 is 18.1 Å². The molecule has 1 aliphatic rings. The van der Waals surface area contributed by atoms with Crippen molar-refractivity contribution in [3.63, 3.8) is 0 Å². The van der Waals surface area contributed by atoms with E-state index in [2.05, 4.69) is 15.5 Å². The predicted octanol–water partition coefficient (Wildman–Crippen LogP) is 3.81. The van der Waals surface area contributed by atoms with Crippen molar-refractivity contribution in [2.45, 2.75) is 31.9 Å². The fourth-order valence-corrected chi connectivity index (χ4v) is 2.80. The number of urea groups is 1. The number of nitrogens with zero attached hydrogens (tertiary/aromatic N) is 3. The molecular weight excluding hydrogens is 337 g/mol. The number of hydrogen-bond acceptors (Lipinski definition) is 4. The molecule has 1 N–H and O–H groups in total. The van der Waals surface area contributed by atoms with Crippen molar-refractivity contribution >= 4 is 11.7 Å². The highest BCUT2D eigenvalue weighted by atomic mass is 19.4. The zero-order valence-electron chi connectivity index (χ0n) is 13.5. The lowest BCUT2D eigenvalue weighted by atomic mass is 9.98. The fourth-order valence-electron chi connectivity index (χ4n) is 2.80. The molecule has 2 amide bonds. The largest absolute Gasteiger partial charge is 0.470 e. The number of anilines is 1. The maximum absolute atomic E-state index is 12.6. The van der Waals surface area contributed by atoms with Gasteiger partial charge in [-0.15, -0.1) is 10.2 Å². The van der Waals surface area contributed by atoms with E-state index in [1.165, 1.54) is 0 Å². The number of aryl methyl sites for hydroxylation is 1. The van der Waals surface area contributed by atoms with Crippen molar-refractivity contribution in [2.24, 2.45) is 0 Å². The van der Waals surface area contributed by atoms with Gasteiger partial charge in [0, 0.05) is 18.8 Å². The van der Waals surface area contributed by atoms with Crippen LogP contribution in [-0.4, -0.2) is 34.2 Å². The summed E-state index contributed by atoms with van der Waals surface area (Å²) in [5.41, 5.74) is 1.68. The molecule has 0 bridgehead atoms. The Hall–Kier alpha value is -2.58. The highest BCUT2D eigenvalue weighted by Crippen LogP contribution is 2.32. The average Bonchev–Trinajstić information content (AvgIpc) is 3.05. The van der Waals surface area contributed by atoms with Gasteiger partial charge in [-0.05, 0) is 37.5 Å². The van der Waals surface area contributed by atoms with E-state index in [0.717, 1.165) is 5.56 Å². The number of alkyl halides is 3. The van der Waals surface area contributed by atoms with Crippen molar-refractivity contribution in [2.75, 3.05) is 18.4 Å². The van der Waals surface area contributed by atoms with Crippen LogP contribution >= 0.6 is 0 Å². The van der Waals surface area contributed by atoms with Crippen LogP contribution in [0.1, 0.15) is 36.1 Å². The minimum absolute atomic E-state index is 0.0830. The number of hydrogen-bond donors (Lipinski definition) is 1. The summed E-state index contributed by atoms with van der Waals surface area (Å²) in [5.74, 6) is -1.84. The number of piperidine rings is 1. The molecule has 6 nitrogen and oxygen atoms in total.